The zero-order chi connectivity index (χ0) is 18.1. The number of hydrogen-bond acceptors (Lipinski definition) is 4. The van der Waals surface area contributed by atoms with Gasteiger partial charge in [-0.1, -0.05) is 30.8 Å². The van der Waals surface area contributed by atoms with Crippen molar-refractivity contribution >= 4 is 11.3 Å². The van der Waals surface area contributed by atoms with E-state index in [0.29, 0.717) is 19.8 Å². The number of methoxy groups -OCH3 is 1. The normalized spacial score (nSPS) is 10.7. The molecule has 4 nitrogen and oxygen atoms in total. The van der Waals surface area contributed by atoms with Crippen molar-refractivity contribution in [1.29, 1.82) is 0 Å². The van der Waals surface area contributed by atoms with Crippen LogP contribution >= 0.6 is 0 Å². The molecular weight excluding hydrogens is 314 g/mol. The van der Waals surface area contributed by atoms with Crippen LogP contribution in [0.2, 0.25) is 0 Å². The molecule has 2 aromatic carbocycles. The number of ether oxygens (including phenoxy) is 3. The Hall–Kier alpha value is -2.30. The predicted octanol–water partition coefficient (Wildman–Crippen LogP) is 4.57. The van der Waals surface area contributed by atoms with E-state index < -0.39 is 0 Å². The van der Waals surface area contributed by atoms with E-state index in [9.17, 15) is 0 Å². The van der Waals surface area contributed by atoms with Gasteiger partial charge in [0.1, 0.15) is 5.75 Å². The number of nitrogens with one attached hydrogen (secondary N) is 1. The third-order valence-electron chi connectivity index (χ3n) is 3.85. The molecule has 134 valence electrons. The van der Waals surface area contributed by atoms with Crippen molar-refractivity contribution < 1.29 is 14.2 Å². The summed E-state index contributed by atoms with van der Waals surface area (Å²) in [4.78, 5) is 0. The zero-order valence-corrected chi connectivity index (χ0v) is 15.2. The van der Waals surface area contributed by atoms with Crippen molar-refractivity contribution in [2.75, 3.05) is 32.2 Å². The molecule has 0 aromatic heterocycles. The minimum Gasteiger partial charge on any atom is -0.497 e. The zero-order valence-electron chi connectivity index (χ0n) is 15.2. The summed E-state index contributed by atoms with van der Waals surface area (Å²) >= 11 is 0. The number of benzene rings is 2. The van der Waals surface area contributed by atoms with E-state index in [2.05, 4.69) is 24.0 Å². The first kappa shape index (κ1) is 19.0. The van der Waals surface area contributed by atoms with E-state index in [4.69, 9.17) is 14.2 Å². The lowest BCUT2D eigenvalue weighted by Crippen LogP contribution is -2.26. The maximum atomic E-state index is 5.53. The highest BCUT2D eigenvalue weighted by atomic mass is 16.7. The van der Waals surface area contributed by atoms with E-state index in [0.717, 1.165) is 28.1 Å². The number of anilines is 1. The Balaban J connectivity index is 1.97. The lowest BCUT2D eigenvalue weighted by molar-refractivity contribution is -0.126. The minimum absolute atomic E-state index is 0.232. The molecule has 0 bridgehead atoms. The monoisotopic (exact) mass is 341 g/mol. The van der Waals surface area contributed by atoms with Crippen LogP contribution in [0.25, 0.3) is 5.57 Å². The molecule has 0 aliphatic rings. The standard InChI is InChI=1S/C21H27NO3/c1-5-24-21(25-6-2)15-22-19-11-7-17(8-12-19)16(3)18-9-13-20(23-4)14-10-18/h7-14,21-22H,3,5-6,15H2,1-2,4H3. The molecule has 0 amide bonds. The average Bonchev–Trinajstić information content (AvgIpc) is 2.66. The van der Waals surface area contributed by atoms with E-state index in [1.165, 1.54) is 0 Å². The van der Waals surface area contributed by atoms with Gasteiger partial charge in [-0.2, -0.15) is 0 Å². The van der Waals surface area contributed by atoms with Crippen LogP contribution in [-0.2, 0) is 9.47 Å². The molecule has 0 unspecified atom stereocenters. The van der Waals surface area contributed by atoms with Crippen molar-refractivity contribution in [3.63, 3.8) is 0 Å². The van der Waals surface area contributed by atoms with E-state index in [1.54, 1.807) is 7.11 Å². The van der Waals surface area contributed by atoms with Crippen molar-refractivity contribution in [2.45, 2.75) is 20.1 Å². The second-order valence-corrected chi connectivity index (χ2v) is 5.51. The highest BCUT2D eigenvalue weighted by molar-refractivity contribution is 5.78. The van der Waals surface area contributed by atoms with Crippen LogP contribution in [0.4, 0.5) is 5.69 Å². The SMILES string of the molecule is C=C(c1ccc(NCC(OCC)OCC)cc1)c1ccc(OC)cc1. The second-order valence-electron chi connectivity index (χ2n) is 5.51. The molecule has 4 heteroatoms. The maximum Gasteiger partial charge on any atom is 0.174 e. The molecule has 2 aromatic rings. The fourth-order valence-electron chi connectivity index (χ4n) is 2.49. The Labute approximate surface area is 150 Å². The molecule has 0 fully saturated rings. The third-order valence-corrected chi connectivity index (χ3v) is 3.85. The van der Waals surface area contributed by atoms with Crippen molar-refractivity contribution in [3.8, 4) is 5.75 Å². The Morgan fingerprint density at radius 3 is 1.92 bits per heavy atom. The van der Waals surface area contributed by atoms with Gasteiger partial charge in [0, 0.05) is 18.9 Å². The summed E-state index contributed by atoms with van der Waals surface area (Å²) in [5.74, 6) is 0.842. The van der Waals surface area contributed by atoms with Gasteiger partial charge in [0.25, 0.3) is 0 Å². The Kier molecular flexibility index (Phi) is 7.51. The fourth-order valence-corrected chi connectivity index (χ4v) is 2.49. The van der Waals surface area contributed by atoms with Gasteiger partial charge in [0.05, 0.1) is 13.7 Å². The summed E-state index contributed by atoms with van der Waals surface area (Å²) in [6.07, 6.45) is -0.232. The van der Waals surface area contributed by atoms with Crippen LogP contribution in [0.3, 0.4) is 0 Å². The van der Waals surface area contributed by atoms with Crippen LogP contribution in [-0.4, -0.2) is 33.2 Å². The molecule has 0 atom stereocenters. The Morgan fingerprint density at radius 1 is 0.920 bits per heavy atom. The fraction of sp³-hybridized carbons (Fsp3) is 0.333. The molecule has 0 radical (unpaired) electrons. The third kappa shape index (κ3) is 5.62. The predicted molar refractivity (Wildman–Crippen MR) is 103 cm³/mol. The second kappa shape index (κ2) is 9.87. The topological polar surface area (TPSA) is 39.7 Å². The van der Waals surface area contributed by atoms with Gasteiger partial charge in [-0.05, 0) is 54.8 Å². The maximum absolute atomic E-state index is 5.53. The average molecular weight is 341 g/mol. The van der Waals surface area contributed by atoms with Gasteiger partial charge in [0.15, 0.2) is 6.29 Å². The van der Waals surface area contributed by atoms with Crippen LogP contribution in [0.15, 0.2) is 55.1 Å². The van der Waals surface area contributed by atoms with E-state index in [-0.39, 0.29) is 6.29 Å². The molecule has 0 aliphatic carbocycles. The molecule has 0 saturated carbocycles. The van der Waals surface area contributed by atoms with Crippen molar-refractivity contribution in [2.24, 2.45) is 0 Å². The van der Waals surface area contributed by atoms with E-state index in [1.807, 2.05) is 50.2 Å². The smallest absolute Gasteiger partial charge is 0.174 e. The van der Waals surface area contributed by atoms with Gasteiger partial charge < -0.3 is 19.5 Å². The highest BCUT2D eigenvalue weighted by Crippen LogP contribution is 2.24. The summed E-state index contributed by atoms with van der Waals surface area (Å²) < 4.78 is 16.3. The van der Waals surface area contributed by atoms with Gasteiger partial charge in [-0.25, -0.2) is 0 Å². The molecule has 2 rings (SSSR count). The Bertz CT molecular complexity index is 644. The highest BCUT2D eigenvalue weighted by Gasteiger charge is 2.08. The van der Waals surface area contributed by atoms with Crippen LogP contribution in [0.5, 0.6) is 5.75 Å². The Morgan fingerprint density at radius 2 is 1.44 bits per heavy atom. The summed E-state index contributed by atoms with van der Waals surface area (Å²) in [7, 11) is 1.66. The van der Waals surface area contributed by atoms with Gasteiger partial charge in [0.2, 0.25) is 0 Å². The van der Waals surface area contributed by atoms with Gasteiger partial charge in [-0.15, -0.1) is 0 Å². The van der Waals surface area contributed by atoms with Crippen molar-refractivity contribution in [1.82, 2.24) is 0 Å². The summed E-state index contributed by atoms with van der Waals surface area (Å²) in [5.41, 5.74) is 4.17. The van der Waals surface area contributed by atoms with Crippen LogP contribution in [0.1, 0.15) is 25.0 Å². The van der Waals surface area contributed by atoms with Gasteiger partial charge in [-0.3, -0.25) is 0 Å². The summed E-state index contributed by atoms with van der Waals surface area (Å²) in [5, 5.41) is 3.34. The number of rotatable bonds is 10. The lowest BCUT2D eigenvalue weighted by Gasteiger charge is -2.18. The number of hydrogen-bond donors (Lipinski definition) is 1. The largest absolute Gasteiger partial charge is 0.497 e. The minimum atomic E-state index is -0.232. The first-order valence-corrected chi connectivity index (χ1v) is 8.58. The van der Waals surface area contributed by atoms with Crippen LogP contribution < -0.4 is 10.1 Å². The molecule has 25 heavy (non-hydrogen) atoms. The quantitative estimate of drug-likeness (QED) is 0.643. The molecule has 0 heterocycles. The van der Waals surface area contributed by atoms with Crippen molar-refractivity contribution in [3.05, 3.63) is 66.2 Å². The van der Waals surface area contributed by atoms with Gasteiger partial charge >= 0.3 is 0 Å². The summed E-state index contributed by atoms with van der Waals surface area (Å²) in [6, 6.07) is 16.1. The molecule has 0 aliphatic heterocycles. The van der Waals surface area contributed by atoms with Crippen LogP contribution in [0, 0.1) is 0 Å². The molecule has 0 saturated heterocycles. The lowest BCUT2D eigenvalue weighted by atomic mass is 9.99. The molecule has 1 N–H and O–H groups in total. The first-order chi connectivity index (χ1) is 12.2. The molecular formula is C21H27NO3. The summed E-state index contributed by atoms with van der Waals surface area (Å²) in [6.45, 7) is 10.0. The molecule has 0 spiro atoms. The van der Waals surface area contributed by atoms with E-state index >= 15 is 0 Å². The first-order valence-electron chi connectivity index (χ1n) is 8.58.